The molecule has 1 nitrogen and oxygen atoms in total. The van der Waals surface area contributed by atoms with Crippen LogP contribution in [-0.4, -0.2) is 5.11 Å². The normalized spacial score (nSPS) is 23.5. The summed E-state index contributed by atoms with van der Waals surface area (Å²) >= 11 is 0. The predicted octanol–water partition coefficient (Wildman–Crippen LogP) is 8.15. The Labute approximate surface area is 169 Å². The minimum Gasteiger partial charge on any atom is -0.508 e. The molecule has 0 saturated heterocycles. The lowest BCUT2D eigenvalue weighted by Gasteiger charge is -2.27. The molecule has 1 aromatic rings. The number of unbranched alkanes of at least 4 members (excludes halogenated alkanes) is 7. The Morgan fingerprint density at radius 2 is 1.30 bits per heavy atom. The quantitative estimate of drug-likeness (QED) is 0.433. The van der Waals surface area contributed by atoms with Crippen molar-refractivity contribution >= 4 is 0 Å². The fraction of sp³-hybridized carbons (Fsp3) is 0.769. The standard InChI is InChI=1S/C16H26O.C10H18/c1-2-3-4-5-6-7-8-9-10-15-11-13-16(17)14-12-15;1-10(2,3)9-5-7-4-8(7)6-9/h11-14,17H,2-10H2,1H3;7-9H,4-6H2,1-3H3. The maximum Gasteiger partial charge on any atom is 0.115 e. The second-order valence-electron chi connectivity index (χ2n) is 10.2. The molecule has 0 bridgehead atoms. The van der Waals surface area contributed by atoms with E-state index in [2.05, 4.69) is 27.7 Å². The number of hydrogen-bond acceptors (Lipinski definition) is 1. The summed E-state index contributed by atoms with van der Waals surface area (Å²) in [7, 11) is 0. The van der Waals surface area contributed by atoms with Crippen molar-refractivity contribution in [3.05, 3.63) is 29.8 Å². The van der Waals surface area contributed by atoms with Crippen LogP contribution in [0.25, 0.3) is 0 Å². The SMILES string of the molecule is CC(C)(C)C1CC2CC2C1.CCCCCCCCCCc1ccc(O)cc1. The summed E-state index contributed by atoms with van der Waals surface area (Å²) in [6.07, 6.45) is 16.7. The average molecular weight is 373 g/mol. The van der Waals surface area contributed by atoms with E-state index < -0.39 is 0 Å². The molecule has 1 aromatic carbocycles. The molecule has 2 unspecified atom stereocenters. The third kappa shape index (κ3) is 8.71. The first-order valence-corrected chi connectivity index (χ1v) is 11.7. The van der Waals surface area contributed by atoms with Crippen molar-refractivity contribution in [3.8, 4) is 5.75 Å². The molecule has 0 aromatic heterocycles. The second kappa shape index (κ2) is 11.1. The van der Waals surface area contributed by atoms with E-state index in [1.54, 1.807) is 18.6 Å². The van der Waals surface area contributed by atoms with Crippen LogP contribution in [-0.2, 0) is 6.42 Å². The van der Waals surface area contributed by atoms with Gasteiger partial charge in [0.05, 0.1) is 0 Å². The Kier molecular flexibility index (Phi) is 9.19. The zero-order chi connectivity index (χ0) is 19.7. The first kappa shape index (κ1) is 22.3. The van der Waals surface area contributed by atoms with Crippen LogP contribution in [0.2, 0.25) is 0 Å². The molecule has 0 amide bonds. The van der Waals surface area contributed by atoms with Gasteiger partial charge in [0.15, 0.2) is 0 Å². The molecule has 0 radical (unpaired) electrons. The summed E-state index contributed by atoms with van der Waals surface area (Å²) in [4.78, 5) is 0. The van der Waals surface area contributed by atoms with Crippen molar-refractivity contribution in [2.24, 2.45) is 23.2 Å². The smallest absolute Gasteiger partial charge is 0.115 e. The topological polar surface area (TPSA) is 20.2 Å². The summed E-state index contributed by atoms with van der Waals surface area (Å²) in [6, 6.07) is 7.60. The Morgan fingerprint density at radius 3 is 1.78 bits per heavy atom. The molecule has 2 atom stereocenters. The van der Waals surface area contributed by atoms with Crippen molar-refractivity contribution in [1.82, 2.24) is 0 Å². The van der Waals surface area contributed by atoms with Crippen LogP contribution in [0.4, 0.5) is 0 Å². The monoisotopic (exact) mass is 372 g/mol. The summed E-state index contributed by atoms with van der Waals surface area (Å²) in [5.41, 5.74) is 1.93. The van der Waals surface area contributed by atoms with Gasteiger partial charge in [0.2, 0.25) is 0 Å². The van der Waals surface area contributed by atoms with Crippen molar-refractivity contribution < 1.29 is 5.11 Å². The van der Waals surface area contributed by atoms with Crippen LogP contribution in [0.15, 0.2) is 24.3 Å². The van der Waals surface area contributed by atoms with E-state index in [0.717, 1.165) is 24.2 Å². The largest absolute Gasteiger partial charge is 0.508 e. The molecule has 2 aliphatic rings. The lowest BCUT2D eigenvalue weighted by Crippen LogP contribution is -2.18. The van der Waals surface area contributed by atoms with Crippen molar-refractivity contribution in [1.29, 1.82) is 0 Å². The van der Waals surface area contributed by atoms with E-state index in [1.807, 2.05) is 12.1 Å². The van der Waals surface area contributed by atoms with Gasteiger partial charge < -0.3 is 5.11 Å². The molecule has 1 heteroatoms. The van der Waals surface area contributed by atoms with E-state index in [-0.39, 0.29) is 0 Å². The predicted molar refractivity (Wildman–Crippen MR) is 118 cm³/mol. The number of aryl methyl sites for hydroxylation is 1. The van der Waals surface area contributed by atoms with Crippen molar-refractivity contribution in [2.75, 3.05) is 0 Å². The molecule has 2 fully saturated rings. The lowest BCUT2D eigenvalue weighted by molar-refractivity contribution is 0.227. The Hall–Kier alpha value is -0.980. The lowest BCUT2D eigenvalue weighted by atomic mass is 9.78. The van der Waals surface area contributed by atoms with E-state index in [9.17, 15) is 0 Å². The third-order valence-electron chi connectivity index (χ3n) is 6.72. The molecule has 0 heterocycles. The molecular formula is C26H44O. The molecule has 1 N–H and O–H groups in total. The summed E-state index contributed by atoms with van der Waals surface area (Å²) < 4.78 is 0. The van der Waals surface area contributed by atoms with Crippen LogP contribution in [0.5, 0.6) is 5.75 Å². The fourth-order valence-electron chi connectivity index (χ4n) is 4.55. The average Bonchev–Trinajstić information content (AvgIpc) is 3.24. The highest BCUT2D eigenvalue weighted by Crippen LogP contribution is 2.58. The van der Waals surface area contributed by atoms with Crippen LogP contribution in [0, 0.1) is 23.2 Å². The van der Waals surface area contributed by atoms with Crippen LogP contribution in [0.1, 0.15) is 104 Å². The van der Waals surface area contributed by atoms with Gasteiger partial charge in [-0.15, -0.1) is 0 Å². The number of rotatable bonds is 9. The second-order valence-corrected chi connectivity index (χ2v) is 10.2. The summed E-state index contributed by atoms with van der Waals surface area (Å²) in [5, 5.41) is 9.17. The summed E-state index contributed by atoms with van der Waals surface area (Å²) in [6.45, 7) is 9.44. The molecule has 2 aliphatic carbocycles. The number of fused-ring (bicyclic) bond motifs is 1. The van der Waals surface area contributed by atoms with Crippen LogP contribution < -0.4 is 0 Å². The van der Waals surface area contributed by atoms with Gasteiger partial charge in [-0.25, -0.2) is 0 Å². The minimum atomic E-state index is 0.365. The maximum absolute atomic E-state index is 9.17. The van der Waals surface area contributed by atoms with Gasteiger partial charge in [-0.2, -0.15) is 0 Å². The van der Waals surface area contributed by atoms with Gasteiger partial charge in [-0.05, 0) is 73.0 Å². The number of aromatic hydroxyl groups is 1. The van der Waals surface area contributed by atoms with Crippen molar-refractivity contribution in [3.63, 3.8) is 0 Å². The Balaban J connectivity index is 0.000000219. The van der Waals surface area contributed by atoms with Crippen LogP contribution >= 0.6 is 0 Å². The Morgan fingerprint density at radius 1 is 0.778 bits per heavy atom. The zero-order valence-electron chi connectivity index (χ0n) is 18.5. The fourth-order valence-corrected chi connectivity index (χ4v) is 4.55. The van der Waals surface area contributed by atoms with E-state index in [0.29, 0.717) is 11.2 Å². The number of hydrogen-bond donors (Lipinski definition) is 1. The van der Waals surface area contributed by atoms with Crippen molar-refractivity contribution in [2.45, 2.75) is 105 Å². The van der Waals surface area contributed by atoms with Gasteiger partial charge in [-0.3, -0.25) is 0 Å². The molecular weight excluding hydrogens is 328 g/mol. The van der Waals surface area contributed by atoms with E-state index in [1.165, 1.54) is 69.8 Å². The van der Waals surface area contributed by atoms with Gasteiger partial charge in [0, 0.05) is 0 Å². The highest BCUT2D eigenvalue weighted by Gasteiger charge is 2.48. The molecule has 0 aliphatic heterocycles. The molecule has 3 rings (SSSR count). The molecule has 27 heavy (non-hydrogen) atoms. The van der Waals surface area contributed by atoms with E-state index in [4.69, 9.17) is 5.11 Å². The van der Waals surface area contributed by atoms with Gasteiger partial charge >= 0.3 is 0 Å². The van der Waals surface area contributed by atoms with E-state index >= 15 is 0 Å². The van der Waals surface area contributed by atoms with Gasteiger partial charge in [-0.1, -0.05) is 84.8 Å². The van der Waals surface area contributed by atoms with Gasteiger partial charge in [0.25, 0.3) is 0 Å². The summed E-state index contributed by atoms with van der Waals surface area (Å²) in [5.74, 6) is 3.72. The maximum atomic E-state index is 9.17. The highest BCUT2D eigenvalue weighted by molar-refractivity contribution is 5.25. The van der Waals surface area contributed by atoms with Crippen LogP contribution in [0.3, 0.4) is 0 Å². The first-order chi connectivity index (χ1) is 12.9. The third-order valence-corrected chi connectivity index (χ3v) is 6.72. The minimum absolute atomic E-state index is 0.365. The number of benzene rings is 1. The zero-order valence-corrected chi connectivity index (χ0v) is 18.5. The number of phenolic OH excluding ortho intramolecular Hbond substituents is 1. The molecule has 154 valence electrons. The molecule has 0 spiro atoms. The highest BCUT2D eigenvalue weighted by atomic mass is 16.3. The molecule has 2 saturated carbocycles. The van der Waals surface area contributed by atoms with Gasteiger partial charge in [0.1, 0.15) is 5.75 Å². The number of phenols is 1. The first-order valence-electron chi connectivity index (χ1n) is 11.7. The Bertz CT molecular complexity index is 500.